The summed E-state index contributed by atoms with van der Waals surface area (Å²) in [7, 11) is 0. The number of Topliss-reactive ketones (excluding diaryl/α,β-unsaturated/α-hetero) is 1. The Labute approximate surface area is 70.3 Å². The van der Waals surface area contributed by atoms with E-state index in [-0.39, 0.29) is 17.1 Å². The molecular formula is C9H10O3. The van der Waals surface area contributed by atoms with Crippen molar-refractivity contribution in [3.05, 3.63) is 29.8 Å². The van der Waals surface area contributed by atoms with Gasteiger partial charge in [0, 0.05) is 5.56 Å². The summed E-state index contributed by atoms with van der Waals surface area (Å²) in [5.74, 6) is -0.434. The molecule has 1 unspecified atom stereocenters. The zero-order chi connectivity index (χ0) is 9.14. The van der Waals surface area contributed by atoms with Gasteiger partial charge in [-0.2, -0.15) is 0 Å². The first-order valence-corrected chi connectivity index (χ1v) is 3.59. The fraction of sp³-hybridized carbons (Fsp3) is 0.222. The van der Waals surface area contributed by atoms with Crippen LogP contribution in [0.1, 0.15) is 18.6 Å². The zero-order valence-corrected chi connectivity index (χ0v) is 6.69. The lowest BCUT2D eigenvalue weighted by atomic mass is 10.1. The van der Waals surface area contributed by atoms with Crippen molar-refractivity contribution in [2.75, 3.05) is 0 Å². The largest absolute Gasteiger partial charge is 0.508 e. The lowest BCUT2D eigenvalue weighted by Crippen LogP contribution is -2.07. The normalized spacial score (nSPS) is 12.5. The fourth-order valence-corrected chi connectivity index (χ4v) is 0.938. The summed E-state index contributed by atoms with van der Waals surface area (Å²) in [5, 5.41) is 18.5. The van der Waals surface area contributed by atoms with Crippen LogP contribution < -0.4 is 0 Å². The summed E-state index contributed by atoms with van der Waals surface area (Å²) in [6.45, 7) is 1.27. The number of carbonyl (C=O) groups excluding carboxylic acids is 1. The number of aromatic hydroxyl groups is 1. The van der Waals surface area contributed by atoms with Gasteiger partial charge in [0.05, 0.1) is 0 Å². The van der Waals surface area contributed by atoms with Crippen LogP contribution in [0.5, 0.6) is 5.75 Å². The van der Waals surface area contributed by atoms with Crippen LogP contribution in [0.2, 0.25) is 0 Å². The van der Waals surface area contributed by atoms with E-state index in [9.17, 15) is 15.0 Å². The van der Waals surface area contributed by atoms with Crippen LogP contribution in [-0.4, -0.2) is 16.0 Å². The molecule has 0 bridgehead atoms. The number of rotatable bonds is 2. The molecule has 0 radical (unpaired) electrons. The molecule has 0 aliphatic carbocycles. The number of carbonyl (C=O) groups is 1. The number of aliphatic hydroxyl groups is 1. The Morgan fingerprint density at radius 3 is 2.50 bits per heavy atom. The standard InChI is InChI=1S/C9H10O3/c1-6(10)9(12)7-4-2-3-5-8(7)11/h2-5,9,11-12H,1H3. The Kier molecular flexibility index (Phi) is 2.45. The molecule has 1 rings (SSSR count). The zero-order valence-electron chi connectivity index (χ0n) is 6.69. The maximum atomic E-state index is 10.7. The lowest BCUT2D eigenvalue weighted by molar-refractivity contribution is -0.125. The number of phenols is 1. The highest BCUT2D eigenvalue weighted by Gasteiger charge is 2.15. The number of hydrogen-bond acceptors (Lipinski definition) is 3. The highest BCUT2D eigenvalue weighted by molar-refractivity contribution is 5.82. The van der Waals surface area contributed by atoms with Crippen molar-refractivity contribution in [2.24, 2.45) is 0 Å². The lowest BCUT2D eigenvalue weighted by Gasteiger charge is -2.07. The number of para-hydroxylation sites is 1. The van der Waals surface area contributed by atoms with Crippen molar-refractivity contribution in [3.8, 4) is 5.75 Å². The highest BCUT2D eigenvalue weighted by Crippen LogP contribution is 2.23. The summed E-state index contributed by atoms with van der Waals surface area (Å²) in [6.07, 6.45) is -1.22. The van der Waals surface area contributed by atoms with E-state index in [0.717, 1.165) is 0 Å². The summed E-state index contributed by atoms with van der Waals surface area (Å²) >= 11 is 0. The van der Waals surface area contributed by atoms with Crippen molar-refractivity contribution < 1.29 is 15.0 Å². The Morgan fingerprint density at radius 2 is 2.00 bits per heavy atom. The predicted molar refractivity (Wildman–Crippen MR) is 43.7 cm³/mol. The molecule has 0 saturated heterocycles. The van der Waals surface area contributed by atoms with Crippen molar-refractivity contribution in [3.63, 3.8) is 0 Å². The second-order valence-corrected chi connectivity index (χ2v) is 2.57. The molecule has 64 valence electrons. The van der Waals surface area contributed by atoms with Crippen molar-refractivity contribution in [1.82, 2.24) is 0 Å². The van der Waals surface area contributed by atoms with Gasteiger partial charge in [-0.15, -0.1) is 0 Å². The fourth-order valence-electron chi connectivity index (χ4n) is 0.938. The minimum absolute atomic E-state index is 0.0554. The Morgan fingerprint density at radius 1 is 1.42 bits per heavy atom. The molecule has 3 nitrogen and oxygen atoms in total. The molecule has 0 amide bonds. The molecule has 0 aliphatic rings. The van der Waals surface area contributed by atoms with Gasteiger partial charge in [0.2, 0.25) is 0 Å². The van der Waals surface area contributed by atoms with E-state index >= 15 is 0 Å². The Bertz CT molecular complexity index is 294. The topological polar surface area (TPSA) is 57.5 Å². The molecule has 2 N–H and O–H groups in total. The molecule has 0 fully saturated rings. The molecule has 0 saturated carbocycles. The minimum atomic E-state index is -1.22. The van der Waals surface area contributed by atoms with Gasteiger partial charge in [-0.25, -0.2) is 0 Å². The highest BCUT2D eigenvalue weighted by atomic mass is 16.3. The SMILES string of the molecule is CC(=O)C(O)c1ccccc1O. The number of aliphatic hydroxyl groups excluding tert-OH is 1. The van der Waals surface area contributed by atoms with E-state index in [1.165, 1.54) is 19.1 Å². The molecule has 0 aliphatic heterocycles. The average Bonchev–Trinajstić information content (AvgIpc) is 2.04. The second-order valence-electron chi connectivity index (χ2n) is 2.57. The second kappa shape index (κ2) is 3.36. The van der Waals surface area contributed by atoms with Crippen LogP contribution in [0.4, 0.5) is 0 Å². The van der Waals surface area contributed by atoms with Crippen LogP contribution in [-0.2, 0) is 4.79 Å². The van der Waals surface area contributed by atoms with Gasteiger partial charge < -0.3 is 10.2 Å². The maximum Gasteiger partial charge on any atom is 0.162 e. The van der Waals surface area contributed by atoms with Crippen LogP contribution in [0.3, 0.4) is 0 Å². The molecule has 3 heteroatoms. The van der Waals surface area contributed by atoms with Crippen molar-refractivity contribution in [2.45, 2.75) is 13.0 Å². The van der Waals surface area contributed by atoms with Gasteiger partial charge in [-0.3, -0.25) is 4.79 Å². The summed E-state index contributed by atoms with van der Waals surface area (Å²) in [5.41, 5.74) is 0.255. The Hall–Kier alpha value is -1.35. The number of ketones is 1. The van der Waals surface area contributed by atoms with Crippen LogP contribution in [0.25, 0.3) is 0 Å². The first kappa shape index (κ1) is 8.74. The van der Waals surface area contributed by atoms with Gasteiger partial charge in [0.1, 0.15) is 11.9 Å². The van der Waals surface area contributed by atoms with E-state index in [1.54, 1.807) is 12.1 Å². The number of phenolic OH excluding ortho intramolecular Hbond substituents is 1. The first-order valence-electron chi connectivity index (χ1n) is 3.59. The van der Waals surface area contributed by atoms with Crippen molar-refractivity contribution >= 4 is 5.78 Å². The van der Waals surface area contributed by atoms with E-state index < -0.39 is 6.10 Å². The molecule has 1 atom stereocenters. The maximum absolute atomic E-state index is 10.7. The molecule has 12 heavy (non-hydrogen) atoms. The van der Waals surface area contributed by atoms with Gasteiger partial charge in [0.15, 0.2) is 5.78 Å². The van der Waals surface area contributed by atoms with Crippen LogP contribution in [0, 0.1) is 0 Å². The van der Waals surface area contributed by atoms with Gasteiger partial charge in [-0.05, 0) is 13.0 Å². The smallest absolute Gasteiger partial charge is 0.162 e. The number of benzene rings is 1. The molecule has 0 heterocycles. The minimum Gasteiger partial charge on any atom is -0.508 e. The third-order valence-electron chi connectivity index (χ3n) is 1.62. The molecule has 1 aromatic rings. The molecule has 0 spiro atoms. The number of hydrogen-bond donors (Lipinski definition) is 2. The van der Waals surface area contributed by atoms with E-state index in [4.69, 9.17) is 0 Å². The third kappa shape index (κ3) is 1.62. The summed E-state index contributed by atoms with van der Waals surface area (Å²) in [6, 6.07) is 6.23. The van der Waals surface area contributed by atoms with Gasteiger partial charge in [0.25, 0.3) is 0 Å². The van der Waals surface area contributed by atoms with Crippen LogP contribution in [0.15, 0.2) is 24.3 Å². The average molecular weight is 166 g/mol. The molecule has 1 aromatic carbocycles. The van der Waals surface area contributed by atoms with Crippen LogP contribution >= 0.6 is 0 Å². The summed E-state index contributed by atoms with van der Waals surface area (Å²) < 4.78 is 0. The Balaban J connectivity index is 3.02. The van der Waals surface area contributed by atoms with E-state index in [0.29, 0.717) is 0 Å². The summed E-state index contributed by atoms with van der Waals surface area (Å²) in [4.78, 5) is 10.7. The quantitative estimate of drug-likeness (QED) is 0.689. The van der Waals surface area contributed by atoms with E-state index in [1.807, 2.05) is 0 Å². The van der Waals surface area contributed by atoms with Gasteiger partial charge in [-0.1, -0.05) is 18.2 Å². The molecular weight excluding hydrogens is 156 g/mol. The van der Waals surface area contributed by atoms with Crippen molar-refractivity contribution in [1.29, 1.82) is 0 Å². The molecule has 0 aromatic heterocycles. The predicted octanol–water partition coefficient (Wildman–Crippen LogP) is 1.01. The first-order chi connectivity index (χ1) is 5.63. The third-order valence-corrected chi connectivity index (χ3v) is 1.62. The van der Waals surface area contributed by atoms with E-state index in [2.05, 4.69) is 0 Å². The van der Waals surface area contributed by atoms with Gasteiger partial charge >= 0.3 is 0 Å². The monoisotopic (exact) mass is 166 g/mol.